The molecule has 0 heterocycles. The van der Waals surface area contributed by atoms with Gasteiger partial charge in [0.15, 0.2) is 0 Å². The summed E-state index contributed by atoms with van der Waals surface area (Å²) < 4.78 is 10.7. The molecule has 6 heteroatoms. The number of hydrogen-bond acceptors (Lipinski definition) is 6. The Bertz CT molecular complexity index is 399. The van der Waals surface area contributed by atoms with Gasteiger partial charge < -0.3 is 30.3 Å². The Hall–Kier alpha value is -1.50. The number of benzene rings is 1. The molecule has 6 nitrogen and oxygen atoms in total. The van der Waals surface area contributed by atoms with Gasteiger partial charge in [0.1, 0.15) is 12.4 Å². The first-order valence-electron chi connectivity index (χ1n) is 6.68. The van der Waals surface area contributed by atoms with Gasteiger partial charge in [0.05, 0.1) is 25.5 Å². The third kappa shape index (κ3) is 5.24. The molecular weight excluding hydrogens is 260 g/mol. The summed E-state index contributed by atoms with van der Waals surface area (Å²) in [6.07, 6.45) is 0. The summed E-state index contributed by atoms with van der Waals surface area (Å²) in [5.41, 5.74) is 2.69. The molecule has 0 aliphatic rings. The molecule has 0 aliphatic carbocycles. The van der Waals surface area contributed by atoms with Crippen LogP contribution in [-0.2, 0) is 4.74 Å². The Morgan fingerprint density at radius 3 is 2.40 bits per heavy atom. The maximum atomic E-state index is 8.94. The Morgan fingerprint density at radius 2 is 1.75 bits per heavy atom. The van der Waals surface area contributed by atoms with Gasteiger partial charge in [0, 0.05) is 25.9 Å². The Labute approximate surface area is 119 Å². The summed E-state index contributed by atoms with van der Waals surface area (Å²) in [6.45, 7) is 4.00. The van der Waals surface area contributed by atoms with Crippen LogP contribution in [0, 0.1) is 6.92 Å². The van der Waals surface area contributed by atoms with E-state index in [4.69, 9.17) is 19.7 Å². The van der Waals surface area contributed by atoms with Crippen LogP contribution in [0.15, 0.2) is 12.1 Å². The van der Waals surface area contributed by atoms with Crippen LogP contribution < -0.4 is 15.4 Å². The fourth-order valence-corrected chi connectivity index (χ4v) is 1.82. The van der Waals surface area contributed by atoms with Crippen molar-refractivity contribution in [3.05, 3.63) is 17.7 Å². The normalized spacial score (nSPS) is 10.4. The number of methoxy groups -OCH3 is 1. The van der Waals surface area contributed by atoms with E-state index in [1.165, 1.54) is 0 Å². The van der Waals surface area contributed by atoms with E-state index in [9.17, 15) is 0 Å². The van der Waals surface area contributed by atoms with Crippen LogP contribution >= 0.6 is 0 Å². The van der Waals surface area contributed by atoms with E-state index in [2.05, 4.69) is 10.6 Å². The second kappa shape index (κ2) is 9.41. The van der Waals surface area contributed by atoms with E-state index < -0.39 is 0 Å². The highest BCUT2D eigenvalue weighted by Gasteiger charge is 2.09. The smallest absolute Gasteiger partial charge is 0.145 e. The number of anilines is 2. The molecule has 0 spiro atoms. The van der Waals surface area contributed by atoms with Gasteiger partial charge in [-0.25, -0.2) is 0 Å². The molecule has 0 fully saturated rings. The first-order chi connectivity index (χ1) is 9.72. The van der Waals surface area contributed by atoms with Crippen molar-refractivity contribution in [2.24, 2.45) is 0 Å². The van der Waals surface area contributed by atoms with Crippen LogP contribution in [0.3, 0.4) is 0 Å². The van der Waals surface area contributed by atoms with Gasteiger partial charge >= 0.3 is 0 Å². The van der Waals surface area contributed by atoms with E-state index in [0.717, 1.165) is 22.7 Å². The first kappa shape index (κ1) is 16.6. The lowest BCUT2D eigenvalue weighted by atomic mass is 10.1. The standard InChI is InChI=1S/C14H24N2O4/c1-11-9-12(15-3-5-17)10-13(16-4-6-18)14(11)20-8-7-19-2/h9-10,15-18H,3-8H2,1-2H3. The lowest BCUT2D eigenvalue weighted by Crippen LogP contribution is -2.12. The van der Waals surface area contributed by atoms with E-state index >= 15 is 0 Å². The molecule has 20 heavy (non-hydrogen) atoms. The molecule has 1 aromatic rings. The third-order valence-corrected chi connectivity index (χ3v) is 2.68. The second-order valence-electron chi connectivity index (χ2n) is 4.31. The van der Waals surface area contributed by atoms with Gasteiger partial charge in [-0.1, -0.05) is 0 Å². The number of aliphatic hydroxyl groups is 2. The van der Waals surface area contributed by atoms with Crippen LogP contribution in [0.25, 0.3) is 0 Å². The van der Waals surface area contributed by atoms with Gasteiger partial charge in [-0.05, 0) is 24.6 Å². The van der Waals surface area contributed by atoms with E-state index in [-0.39, 0.29) is 13.2 Å². The minimum Gasteiger partial charge on any atom is -0.489 e. The zero-order chi connectivity index (χ0) is 14.8. The van der Waals surface area contributed by atoms with Crippen molar-refractivity contribution in [1.82, 2.24) is 0 Å². The summed E-state index contributed by atoms with van der Waals surface area (Å²) in [5.74, 6) is 0.755. The molecule has 0 radical (unpaired) electrons. The highest BCUT2D eigenvalue weighted by atomic mass is 16.5. The maximum absolute atomic E-state index is 8.94. The fraction of sp³-hybridized carbons (Fsp3) is 0.571. The van der Waals surface area contributed by atoms with Crippen molar-refractivity contribution in [2.75, 3.05) is 57.3 Å². The Morgan fingerprint density at radius 1 is 1.05 bits per heavy atom. The van der Waals surface area contributed by atoms with Gasteiger partial charge in [0.2, 0.25) is 0 Å². The summed E-state index contributed by atoms with van der Waals surface area (Å²) in [6, 6.07) is 3.86. The van der Waals surface area contributed by atoms with E-state index in [1.807, 2.05) is 19.1 Å². The molecule has 0 aliphatic heterocycles. The molecule has 0 unspecified atom stereocenters. The number of aliphatic hydroxyl groups excluding tert-OH is 2. The van der Waals surface area contributed by atoms with E-state index in [1.54, 1.807) is 7.11 Å². The van der Waals surface area contributed by atoms with Crippen LogP contribution in [0.1, 0.15) is 5.56 Å². The summed E-state index contributed by atoms with van der Waals surface area (Å²) in [5, 5.41) is 24.0. The van der Waals surface area contributed by atoms with Crippen molar-refractivity contribution in [3.8, 4) is 5.75 Å². The second-order valence-corrected chi connectivity index (χ2v) is 4.31. The molecule has 0 saturated carbocycles. The van der Waals surface area contributed by atoms with Crippen molar-refractivity contribution in [1.29, 1.82) is 0 Å². The van der Waals surface area contributed by atoms with Crippen molar-refractivity contribution in [3.63, 3.8) is 0 Å². The molecule has 0 bridgehead atoms. The largest absolute Gasteiger partial charge is 0.489 e. The molecule has 1 aromatic carbocycles. The quantitative estimate of drug-likeness (QED) is 0.476. The highest BCUT2D eigenvalue weighted by molar-refractivity contribution is 5.68. The fourth-order valence-electron chi connectivity index (χ4n) is 1.82. The van der Waals surface area contributed by atoms with Crippen LogP contribution in [0.5, 0.6) is 5.75 Å². The molecule has 0 amide bonds. The molecule has 0 aromatic heterocycles. The summed E-state index contributed by atoms with van der Waals surface area (Å²) >= 11 is 0. The minimum absolute atomic E-state index is 0.0465. The van der Waals surface area contributed by atoms with Crippen molar-refractivity contribution < 1.29 is 19.7 Å². The summed E-state index contributed by atoms with van der Waals surface area (Å²) in [7, 11) is 1.63. The van der Waals surface area contributed by atoms with Crippen molar-refractivity contribution >= 4 is 11.4 Å². The lowest BCUT2D eigenvalue weighted by Gasteiger charge is -2.17. The van der Waals surface area contributed by atoms with Crippen LogP contribution in [0.4, 0.5) is 11.4 Å². The number of nitrogens with one attached hydrogen (secondary N) is 2. The Kier molecular flexibility index (Phi) is 7.79. The number of hydrogen-bond donors (Lipinski definition) is 4. The monoisotopic (exact) mass is 284 g/mol. The maximum Gasteiger partial charge on any atom is 0.145 e. The summed E-state index contributed by atoms with van der Waals surface area (Å²) in [4.78, 5) is 0. The molecule has 114 valence electrons. The van der Waals surface area contributed by atoms with Crippen LogP contribution in [-0.4, -0.2) is 56.8 Å². The van der Waals surface area contributed by atoms with Gasteiger partial charge in [0.25, 0.3) is 0 Å². The lowest BCUT2D eigenvalue weighted by molar-refractivity contribution is 0.146. The molecule has 0 saturated heterocycles. The van der Waals surface area contributed by atoms with Gasteiger partial charge in [-0.2, -0.15) is 0 Å². The van der Waals surface area contributed by atoms with Crippen molar-refractivity contribution in [2.45, 2.75) is 6.92 Å². The topological polar surface area (TPSA) is 83.0 Å². The average Bonchev–Trinajstić information content (AvgIpc) is 2.45. The number of ether oxygens (including phenoxy) is 2. The molecular formula is C14H24N2O4. The predicted octanol–water partition coefficient (Wildman–Crippen LogP) is 0.829. The molecule has 1 rings (SSSR count). The number of aryl methyl sites for hydroxylation is 1. The number of rotatable bonds is 10. The van der Waals surface area contributed by atoms with Gasteiger partial charge in [-0.15, -0.1) is 0 Å². The Balaban J connectivity index is 2.87. The minimum atomic E-state index is 0.0465. The van der Waals surface area contributed by atoms with E-state index in [0.29, 0.717) is 26.3 Å². The zero-order valence-corrected chi connectivity index (χ0v) is 12.1. The zero-order valence-electron chi connectivity index (χ0n) is 12.1. The predicted molar refractivity (Wildman–Crippen MR) is 79.7 cm³/mol. The molecule has 0 atom stereocenters. The molecule has 4 N–H and O–H groups in total. The van der Waals surface area contributed by atoms with Crippen LogP contribution in [0.2, 0.25) is 0 Å². The SMILES string of the molecule is COCCOc1c(C)cc(NCCO)cc1NCCO. The van der Waals surface area contributed by atoms with Gasteiger partial charge in [-0.3, -0.25) is 0 Å². The third-order valence-electron chi connectivity index (χ3n) is 2.68. The highest BCUT2D eigenvalue weighted by Crippen LogP contribution is 2.32. The average molecular weight is 284 g/mol. The first-order valence-corrected chi connectivity index (χ1v) is 6.68.